The second kappa shape index (κ2) is 11.7. The van der Waals surface area contributed by atoms with E-state index in [1.54, 1.807) is 43.3 Å². The number of nitrogens with zero attached hydrogens (tertiary/aromatic N) is 1. The highest BCUT2D eigenvalue weighted by atomic mass is 35.5. The summed E-state index contributed by atoms with van der Waals surface area (Å²) < 4.78 is 55.9. The van der Waals surface area contributed by atoms with Crippen molar-refractivity contribution >= 4 is 66.2 Å². The van der Waals surface area contributed by atoms with E-state index in [1.165, 1.54) is 60.7 Å². The summed E-state index contributed by atoms with van der Waals surface area (Å²) in [7, 11) is -8.01. The fraction of sp³-hybridized carbons (Fsp3) is 0.0741. The maximum Gasteiger partial charge on any atom is 0.264 e. The molecule has 4 aromatic carbocycles. The van der Waals surface area contributed by atoms with Crippen molar-refractivity contribution in [1.82, 2.24) is 0 Å². The Morgan fingerprint density at radius 1 is 0.718 bits per heavy atom. The predicted octanol–water partition coefficient (Wildman–Crippen LogP) is 5.94. The minimum absolute atomic E-state index is 0.0225. The topological polar surface area (TPSA) is 113 Å². The zero-order chi connectivity index (χ0) is 28.2. The maximum atomic E-state index is 13.5. The molecule has 1 amide bonds. The fourth-order valence-corrected chi connectivity index (χ4v) is 6.45. The Morgan fingerprint density at radius 2 is 1.23 bits per heavy atom. The summed E-state index contributed by atoms with van der Waals surface area (Å²) in [4.78, 5) is 13.0. The summed E-state index contributed by atoms with van der Waals surface area (Å²) in [6.45, 7) is 1.23. The van der Waals surface area contributed by atoms with Gasteiger partial charge in [0.1, 0.15) is 6.54 Å². The number of aryl methyl sites for hydroxylation is 1. The van der Waals surface area contributed by atoms with E-state index in [2.05, 4.69) is 10.0 Å². The number of carbonyl (C=O) groups is 1. The number of halogens is 2. The van der Waals surface area contributed by atoms with Gasteiger partial charge in [0.05, 0.1) is 15.5 Å². The van der Waals surface area contributed by atoms with Gasteiger partial charge in [-0.25, -0.2) is 16.8 Å². The van der Waals surface area contributed by atoms with Gasteiger partial charge in [0.25, 0.3) is 20.0 Å². The molecule has 0 unspecified atom stereocenters. The Hall–Kier alpha value is -3.57. The molecule has 0 spiro atoms. The molecule has 0 bridgehead atoms. The number of benzene rings is 4. The third-order valence-corrected chi connectivity index (χ3v) is 9.29. The van der Waals surface area contributed by atoms with Gasteiger partial charge in [-0.1, -0.05) is 41.4 Å². The smallest absolute Gasteiger partial charge is 0.264 e. The summed E-state index contributed by atoms with van der Waals surface area (Å²) in [6.07, 6.45) is 0. The standard InChI is InChI=1S/C27H23Cl2N3O5S2/c1-19-4-2-3-5-26(19)32(39(36,37)25-14-8-21(29)9-15-25)18-27(33)30-22-12-16-24(17-13-22)38(34,35)31-23-10-6-20(28)7-11-23/h2-17,31H,18H2,1H3,(H,30,33). The van der Waals surface area contributed by atoms with Crippen LogP contribution in [0, 0.1) is 6.92 Å². The van der Waals surface area contributed by atoms with Gasteiger partial charge in [-0.05, 0) is 91.3 Å². The normalized spacial score (nSPS) is 11.6. The van der Waals surface area contributed by atoms with Crippen LogP contribution in [0.4, 0.5) is 17.1 Å². The van der Waals surface area contributed by atoms with Crippen LogP contribution in [-0.2, 0) is 24.8 Å². The molecule has 4 rings (SSSR count). The zero-order valence-corrected chi connectivity index (χ0v) is 23.7. The molecule has 39 heavy (non-hydrogen) atoms. The molecule has 0 saturated carbocycles. The van der Waals surface area contributed by atoms with Crippen LogP contribution in [0.5, 0.6) is 0 Å². The van der Waals surface area contributed by atoms with Crippen LogP contribution < -0.4 is 14.3 Å². The first-order valence-electron chi connectivity index (χ1n) is 11.5. The number of nitrogens with one attached hydrogen (secondary N) is 2. The average molecular weight is 605 g/mol. The first-order valence-corrected chi connectivity index (χ1v) is 15.2. The second-order valence-corrected chi connectivity index (χ2v) is 12.9. The van der Waals surface area contributed by atoms with Crippen molar-refractivity contribution in [2.24, 2.45) is 0 Å². The number of carbonyl (C=O) groups excluding carboxylic acids is 1. The van der Waals surface area contributed by atoms with Crippen molar-refractivity contribution in [2.75, 3.05) is 20.9 Å². The summed E-state index contributed by atoms with van der Waals surface area (Å²) >= 11 is 11.8. The molecule has 0 aliphatic heterocycles. The lowest BCUT2D eigenvalue weighted by atomic mass is 10.2. The van der Waals surface area contributed by atoms with E-state index in [1.807, 2.05) is 0 Å². The predicted molar refractivity (Wildman–Crippen MR) is 154 cm³/mol. The number of hydrogen-bond donors (Lipinski definition) is 2. The van der Waals surface area contributed by atoms with Crippen molar-refractivity contribution in [3.63, 3.8) is 0 Å². The highest BCUT2D eigenvalue weighted by Gasteiger charge is 2.28. The van der Waals surface area contributed by atoms with Gasteiger partial charge in [0, 0.05) is 21.4 Å². The minimum atomic E-state index is -4.12. The van der Waals surface area contributed by atoms with Gasteiger partial charge in [-0.15, -0.1) is 0 Å². The molecule has 0 saturated heterocycles. The van der Waals surface area contributed by atoms with E-state index >= 15 is 0 Å². The number of sulfonamides is 2. The Kier molecular flexibility index (Phi) is 8.51. The Bertz CT molecular complexity index is 1690. The fourth-order valence-electron chi connectivity index (χ4n) is 3.66. The first-order chi connectivity index (χ1) is 18.5. The lowest BCUT2D eigenvalue weighted by molar-refractivity contribution is -0.114. The second-order valence-electron chi connectivity index (χ2n) is 8.44. The zero-order valence-electron chi connectivity index (χ0n) is 20.5. The van der Waals surface area contributed by atoms with Crippen LogP contribution in [0.1, 0.15) is 5.56 Å². The number of rotatable bonds is 9. The van der Waals surface area contributed by atoms with Crippen LogP contribution in [0.15, 0.2) is 107 Å². The molecule has 8 nitrogen and oxygen atoms in total. The van der Waals surface area contributed by atoms with Crippen molar-refractivity contribution in [2.45, 2.75) is 16.7 Å². The monoisotopic (exact) mass is 603 g/mol. The lowest BCUT2D eigenvalue weighted by Gasteiger charge is -2.25. The van der Waals surface area contributed by atoms with Crippen LogP contribution in [0.2, 0.25) is 10.0 Å². The van der Waals surface area contributed by atoms with E-state index in [0.717, 1.165) is 4.31 Å². The van der Waals surface area contributed by atoms with E-state index < -0.39 is 32.5 Å². The van der Waals surface area contributed by atoms with Gasteiger partial charge >= 0.3 is 0 Å². The van der Waals surface area contributed by atoms with Gasteiger partial charge in [0.2, 0.25) is 5.91 Å². The van der Waals surface area contributed by atoms with Crippen LogP contribution in [0.3, 0.4) is 0 Å². The highest BCUT2D eigenvalue weighted by Crippen LogP contribution is 2.28. The van der Waals surface area contributed by atoms with Gasteiger partial charge in [-0.2, -0.15) is 0 Å². The molecule has 4 aromatic rings. The Morgan fingerprint density at radius 3 is 1.82 bits per heavy atom. The average Bonchev–Trinajstić information content (AvgIpc) is 2.89. The summed E-state index contributed by atoms with van der Waals surface area (Å²) in [6, 6.07) is 24.2. The maximum absolute atomic E-state index is 13.5. The number of anilines is 3. The van der Waals surface area contributed by atoms with E-state index in [0.29, 0.717) is 32.7 Å². The van der Waals surface area contributed by atoms with Crippen LogP contribution in [0.25, 0.3) is 0 Å². The number of amides is 1. The van der Waals surface area contributed by atoms with Crippen LogP contribution >= 0.6 is 23.2 Å². The molecule has 0 aliphatic carbocycles. The van der Waals surface area contributed by atoms with E-state index in [-0.39, 0.29) is 9.79 Å². The molecule has 2 N–H and O–H groups in total. The highest BCUT2D eigenvalue weighted by molar-refractivity contribution is 7.93. The molecule has 0 radical (unpaired) electrons. The Labute approximate surface area is 237 Å². The summed E-state index contributed by atoms with van der Waals surface area (Å²) in [5.41, 5.74) is 1.64. The SMILES string of the molecule is Cc1ccccc1N(CC(=O)Nc1ccc(S(=O)(=O)Nc2ccc(Cl)cc2)cc1)S(=O)(=O)c1ccc(Cl)cc1. The molecular formula is C27H23Cl2N3O5S2. The molecule has 0 aromatic heterocycles. The molecule has 12 heteroatoms. The van der Waals surface area contributed by atoms with E-state index in [4.69, 9.17) is 23.2 Å². The molecule has 0 fully saturated rings. The molecule has 0 aliphatic rings. The number of hydrogen-bond acceptors (Lipinski definition) is 5. The Balaban J connectivity index is 1.53. The summed E-state index contributed by atoms with van der Waals surface area (Å²) in [5, 5.41) is 3.48. The van der Waals surface area contributed by atoms with Gasteiger partial charge < -0.3 is 5.32 Å². The molecule has 0 atom stereocenters. The summed E-state index contributed by atoms with van der Waals surface area (Å²) in [5.74, 6) is -0.620. The van der Waals surface area contributed by atoms with Gasteiger partial charge in [-0.3, -0.25) is 13.8 Å². The third-order valence-electron chi connectivity index (χ3n) is 5.62. The van der Waals surface area contributed by atoms with Crippen molar-refractivity contribution in [1.29, 1.82) is 0 Å². The molecule has 0 heterocycles. The third kappa shape index (κ3) is 6.90. The quantitative estimate of drug-likeness (QED) is 0.246. The van der Waals surface area contributed by atoms with Gasteiger partial charge in [0.15, 0.2) is 0 Å². The van der Waals surface area contributed by atoms with Crippen molar-refractivity contribution in [3.05, 3.63) is 113 Å². The lowest BCUT2D eigenvalue weighted by Crippen LogP contribution is -2.38. The first kappa shape index (κ1) is 28.4. The number of para-hydroxylation sites is 1. The van der Waals surface area contributed by atoms with Crippen molar-refractivity contribution in [3.8, 4) is 0 Å². The largest absolute Gasteiger partial charge is 0.325 e. The van der Waals surface area contributed by atoms with Crippen LogP contribution in [-0.4, -0.2) is 29.3 Å². The molecule has 202 valence electrons. The van der Waals surface area contributed by atoms with Crippen molar-refractivity contribution < 1.29 is 21.6 Å². The minimum Gasteiger partial charge on any atom is -0.325 e. The van der Waals surface area contributed by atoms with E-state index in [9.17, 15) is 21.6 Å². The molecular weight excluding hydrogens is 581 g/mol.